The second kappa shape index (κ2) is 4.97. The maximum absolute atomic E-state index is 11.7. The number of rotatable bonds is 3. The first-order valence-electron chi connectivity index (χ1n) is 5.27. The Morgan fingerprint density at radius 3 is 2.76 bits per heavy atom. The fourth-order valence-corrected chi connectivity index (χ4v) is 1.64. The van der Waals surface area contributed by atoms with Crippen molar-refractivity contribution in [1.82, 2.24) is 0 Å². The Balaban J connectivity index is 2.02. The van der Waals surface area contributed by atoms with E-state index in [2.05, 4.69) is 0 Å². The molecule has 0 radical (unpaired) electrons. The van der Waals surface area contributed by atoms with Crippen LogP contribution in [0.2, 0.25) is 0 Å². The molecule has 0 unspecified atom stereocenters. The van der Waals surface area contributed by atoms with Crippen molar-refractivity contribution in [2.75, 3.05) is 6.61 Å². The van der Waals surface area contributed by atoms with Gasteiger partial charge < -0.3 is 14.6 Å². The monoisotopic (exact) mass is 236 g/mol. The molecule has 1 aliphatic heterocycles. The predicted molar refractivity (Wildman–Crippen MR) is 57.2 cm³/mol. The lowest BCUT2D eigenvalue weighted by molar-refractivity contribution is -0.143. The second-order valence-electron chi connectivity index (χ2n) is 3.72. The topological polar surface area (TPSA) is 72.8 Å². The molecule has 0 spiro atoms. The minimum absolute atomic E-state index is 0.0101. The summed E-state index contributed by atoms with van der Waals surface area (Å²) in [6.45, 7) is -0.349. The molecule has 0 bridgehead atoms. The van der Waals surface area contributed by atoms with Crippen molar-refractivity contribution in [2.24, 2.45) is 0 Å². The van der Waals surface area contributed by atoms with Crippen molar-refractivity contribution in [3.8, 4) is 0 Å². The fraction of sp³-hybridized carbons (Fsp3) is 0.333. The molecule has 0 aromatic heterocycles. The van der Waals surface area contributed by atoms with Crippen LogP contribution in [-0.2, 0) is 14.3 Å². The second-order valence-corrected chi connectivity index (χ2v) is 3.72. The van der Waals surface area contributed by atoms with Gasteiger partial charge >= 0.3 is 11.9 Å². The van der Waals surface area contributed by atoms with Gasteiger partial charge in [-0.05, 0) is 12.1 Å². The Kier molecular flexibility index (Phi) is 3.39. The first-order valence-corrected chi connectivity index (χ1v) is 5.27. The number of carbonyl (C=O) groups is 2. The van der Waals surface area contributed by atoms with Crippen LogP contribution in [0.25, 0.3) is 0 Å². The highest BCUT2D eigenvalue weighted by Gasteiger charge is 2.37. The van der Waals surface area contributed by atoms with E-state index in [0.29, 0.717) is 5.56 Å². The summed E-state index contributed by atoms with van der Waals surface area (Å²) in [4.78, 5) is 22.7. The Hall–Kier alpha value is -1.88. The number of hydrogen-bond donors (Lipinski definition) is 1. The first kappa shape index (κ1) is 11.6. The van der Waals surface area contributed by atoms with Gasteiger partial charge in [-0.15, -0.1) is 0 Å². The molecule has 5 nitrogen and oxygen atoms in total. The average Bonchev–Trinajstić information content (AvgIpc) is 2.70. The van der Waals surface area contributed by atoms with Gasteiger partial charge in [0.25, 0.3) is 0 Å². The molecular weight excluding hydrogens is 224 g/mol. The van der Waals surface area contributed by atoms with Crippen LogP contribution in [0.1, 0.15) is 16.8 Å². The Morgan fingerprint density at radius 2 is 2.12 bits per heavy atom. The van der Waals surface area contributed by atoms with Gasteiger partial charge in [0.1, 0.15) is 0 Å². The summed E-state index contributed by atoms with van der Waals surface area (Å²) >= 11 is 0. The molecule has 2 atom stereocenters. The lowest BCUT2D eigenvalue weighted by atomic mass is 10.2. The molecule has 2 rings (SSSR count). The number of cyclic esters (lactones) is 1. The minimum atomic E-state index is -0.754. The van der Waals surface area contributed by atoms with E-state index < -0.39 is 24.1 Å². The van der Waals surface area contributed by atoms with Crippen LogP contribution in [0, 0.1) is 0 Å². The smallest absolute Gasteiger partial charge is 0.338 e. The van der Waals surface area contributed by atoms with E-state index >= 15 is 0 Å². The Bertz CT molecular complexity index is 414. The summed E-state index contributed by atoms with van der Waals surface area (Å²) in [6, 6.07) is 8.46. The van der Waals surface area contributed by atoms with Crippen LogP contribution < -0.4 is 0 Å². The zero-order valence-corrected chi connectivity index (χ0v) is 9.04. The molecule has 90 valence electrons. The number of ether oxygens (including phenoxy) is 2. The molecule has 1 heterocycles. The molecule has 1 aliphatic rings. The number of esters is 2. The van der Waals surface area contributed by atoms with E-state index in [1.165, 1.54) is 0 Å². The lowest BCUT2D eigenvalue weighted by Crippen LogP contribution is -2.30. The molecule has 0 aliphatic carbocycles. The van der Waals surface area contributed by atoms with Gasteiger partial charge in [-0.2, -0.15) is 0 Å². The van der Waals surface area contributed by atoms with Crippen LogP contribution in [0.4, 0.5) is 0 Å². The van der Waals surface area contributed by atoms with E-state index in [0.717, 1.165) is 0 Å². The summed E-state index contributed by atoms with van der Waals surface area (Å²) in [5.41, 5.74) is 0.406. The van der Waals surface area contributed by atoms with E-state index in [1.807, 2.05) is 0 Å². The highest BCUT2D eigenvalue weighted by molar-refractivity contribution is 5.89. The van der Waals surface area contributed by atoms with Gasteiger partial charge in [-0.1, -0.05) is 18.2 Å². The molecule has 0 saturated carbocycles. The van der Waals surface area contributed by atoms with Crippen LogP contribution in [-0.4, -0.2) is 35.9 Å². The van der Waals surface area contributed by atoms with Gasteiger partial charge in [0.2, 0.25) is 0 Å². The molecule has 1 saturated heterocycles. The van der Waals surface area contributed by atoms with Gasteiger partial charge in [-0.25, -0.2) is 4.79 Å². The highest BCUT2D eigenvalue weighted by Crippen LogP contribution is 2.19. The van der Waals surface area contributed by atoms with Crippen LogP contribution >= 0.6 is 0 Å². The maximum Gasteiger partial charge on any atom is 0.338 e. The van der Waals surface area contributed by atoms with Crippen molar-refractivity contribution in [2.45, 2.75) is 18.6 Å². The normalized spacial score (nSPS) is 23.2. The van der Waals surface area contributed by atoms with Gasteiger partial charge in [-0.3, -0.25) is 4.79 Å². The van der Waals surface area contributed by atoms with Gasteiger partial charge in [0.05, 0.1) is 18.6 Å². The van der Waals surface area contributed by atoms with E-state index in [9.17, 15) is 9.59 Å². The summed E-state index contributed by atoms with van der Waals surface area (Å²) in [5, 5.41) is 8.97. The molecule has 1 aromatic carbocycles. The molecule has 1 N–H and O–H groups in total. The molecule has 1 aromatic rings. The molecule has 5 heteroatoms. The Morgan fingerprint density at radius 1 is 1.41 bits per heavy atom. The first-order chi connectivity index (χ1) is 8.20. The largest absolute Gasteiger partial charge is 0.456 e. The fourth-order valence-electron chi connectivity index (χ4n) is 1.64. The highest BCUT2D eigenvalue weighted by atomic mass is 16.6. The van der Waals surface area contributed by atoms with Crippen molar-refractivity contribution in [3.63, 3.8) is 0 Å². The molecule has 1 fully saturated rings. The van der Waals surface area contributed by atoms with Crippen LogP contribution in [0.3, 0.4) is 0 Å². The van der Waals surface area contributed by atoms with Crippen molar-refractivity contribution in [3.05, 3.63) is 35.9 Å². The summed E-state index contributed by atoms with van der Waals surface area (Å²) in [5.74, 6) is -0.984. The van der Waals surface area contributed by atoms with E-state index in [1.54, 1.807) is 30.3 Å². The number of aliphatic hydroxyl groups is 1. The van der Waals surface area contributed by atoms with E-state index in [4.69, 9.17) is 14.6 Å². The quantitative estimate of drug-likeness (QED) is 0.774. The van der Waals surface area contributed by atoms with Crippen LogP contribution in [0.5, 0.6) is 0 Å². The molecular formula is C12H12O5. The number of carbonyl (C=O) groups excluding carboxylic acids is 2. The number of hydrogen-bond acceptors (Lipinski definition) is 5. The third-order valence-electron chi connectivity index (χ3n) is 2.51. The third kappa shape index (κ3) is 2.62. The van der Waals surface area contributed by atoms with Crippen molar-refractivity contribution < 1.29 is 24.2 Å². The maximum atomic E-state index is 11.7. The standard InChI is InChI=1S/C12H12O5/c13-7-10-9(6-11(14)16-10)17-12(15)8-4-2-1-3-5-8/h1-5,9-10,13H,6-7H2/t9-,10+/m0/s1. The zero-order chi connectivity index (χ0) is 12.3. The lowest BCUT2D eigenvalue weighted by Gasteiger charge is -2.15. The van der Waals surface area contributed by atoms with Gasteiger partial charge in [0.15, 0.2) is 12.2 Å². The summed E-state index contributed by atoms with van der Waals surface area (Å²) in [7, 11) is 0. The SMILES string of the molecule is O=C1C[C@H](OC(=O)c2ccccc2)[C@@H](CO)O1. The summed E-state index contributed by atoms with van der Waals surface area (Å²) < 4.78 is 9.92. The number of aliphatic hydroxyl groups excluding tert-OH is 1. The summed E-state index contributed by atoms with van der Waals surface area (Å²) in [6.07, 6.45) is -1.47. The van der Waals surface area contributed by atoms with Crippen molar-refractivity contribution >= 4 is 11.9 Å². The third-order valence-corrected chi connectivity index (χ3v) is 2.51. The van der Waals surface area contributed by atoms with Gasteiger partial charge in [0, 0.05) is 0 Å². The molecule has 17 heavy (non-hydrogen) atoms. The number of benzene rings is 1. The predicted octanol–water partition coefficient (Wildman–Crippen LogP) is 0.520. The Labute approximate surface area is 98.0 Å². The van der Waals surface area contributed by atoms with E-state index in [-0.39, 0.29) is 13.0 Å². The zero-order valence-electron chi connectivity index (χ0n) is 9.04. The minimum Gasteiger partial charge on any atom is -0.456 e. The molecule has 0 amide bonds. The average molecular weight is 236 g/mol. The van der Waals surface area contributed by atoms with Crippen LogP contribution in [0.15, 0.2) is 30.3 Å². The van der Waals surface area contributed by atoms with Crippen molar-refractivity contribution in [1.29, 1.82) is 0 Å².